The Bertz CT molecular complexity index is 857. The normalized spacial score (nSPS) is 12.2. The molecule has 0 spiro atoms. The van der Waals surface area contributed by atoms with Crippen LogP contribution in [0, 0.1) is 5.92 Å². The molecule has 3 aromatic rings. The van der Waals surface area contributed by atoms with Crippen molar-refractivity contribution in [2.45, 2.75) is 19.9 Å². The fourth-order valence-electron chi connectivity index (χ4n) is 3.11. The molecule has 28 heavy (non-hydrogen) atoms. The molecule has 0 radical (unpaired) electrons. The van der Waals surface area contributed by atoms with Gasteiger partial charge in [0.05, 0.1) is 12.6 Å². The van der Waals surface area contributed by atoms with Crippen molar-refractivity contribution >= 4 is 29.7 Å². The predicted molar refractivity (Wildman–Crippen MR) is 118 cm³/mol. The Labute approximate surface area is 168 Å². The maximum Gasteiger partial charge on any atom is 0.252 e. The van der Waals surface area contributed by atoms with Gasteiger partial charge in [-0.05, 0) is 35.8 Å². The van der Waals surface area contributed by atoms with Crippen molar-refractivity contribution in [3.8, 4) is 0 Å². The second-order valence-corrected chi connectivity index (χ2v) is 9.22. The molecule has 3 aromatic carbocycles. The molecule has 3 nitrogen and oxygen atoms in total. The van der Waals surface area contributed by atoms with Crippen molar-refractivity contribution < 1.29 is 9.90 Å². The van der Waals surface area contributed by atoms with Gasteiger partial charge in [-0.1, -0.05) is 92.7 Å². The highest BCUT2D eigenvalue weighted by molar-refractivity contribution is 7.80. The first-order chi connectivity index (χ1) is 13.6. The summed E-state index contributed by atoms with van der Waals surface area (Å²) in [5.41, 5.74) is 0.667. The van der Waals surface area contributed by atoms with Crippen LogP contribution < -0.4 is 21.2 Å². The van der Waals surface area contributed by atoms with E-state index in [0.717, 1.165) is 5.30 Å². The summed E-state index contributed by atoms with van der Waals surface area (Å²) in [5, 5.41) is 16.0. The number of hydrogen-bond acceptors (Lipinski definition) is 2. The Morgan fingerprint density at radius 1 is 0.857 bits per heavy atom. The zero-order valence-corrected chi connectivity index (χ0v) is 17.1. The first-order valence-electron chi connectivity index (χ1n) is 9.52. The quantitative estimate of drug-likeness (QED) is 0.608. The van der Waals surface area contributed by atoms with Crippen molar-refractivity contribution in [2.75, 3.05) is 6.61 Å². The number of hydrogen-bond donors (Lipinski definition) is 2. The van der Waals surface area contributed by atoms with Gasteiger partial charge in [0.25, 0.3) is 5.91 Å². The van der Waals surface area contributed by atoms with Crippen LogP contribution in [-0.4, -0.2) is 23.7 Å². The fourth-order valence-corrected chi connectivity index (χ4v) is 5.56. The van der Waals surface area contributed by atoms with Crippen molar-refractivity contribution in [1.29, 1.82) is 0 Å². The molecule has 3 rings (SSSR count). The monoisotopic (exact) mass is 391 g/mol. The minimum absolute atomic E-state index is 0.0717. The van der Waals surface area contributed by atoms with Gasteiger partial charge in [-0.25, -0.2) is 0 Å². The van der Waals surface area contributed by atoms with Gasteiger partial charge >= 0.3 is 0 Å². The van der Waals surface area contributed by atoms with Crippen LogP contribution in [0.4, 0.5) is 0 Å². The number of carbonyl (C=O) groups is 1. The van der Waals surface area contributed by atoms with Crippen LogP contribution in [-0.2, 0) is 0 Å². The van der Waals surface area contributed by atoms with Crippen LogP contribution in [0.3, 0.4) is 0 Å². The van der Waals surface area contributed by atoms with E-state index in [1.807, 2.05) is 74.5 Å². The zero-order valence-electron chi connectivity index (χ0n) is 16.2. The lowest BCUT2D eigenvalue weighted by atomic mass is 10.0. The molecule has 0 saturated carbocycles. The molecule has 0 bridgehead atoms. The van der Waals surface area contributed by atoms with E-state index in [0.29, 0.717) is 5.56 Å². The standard InChI is InChI=1S/C24H26NO2P/c1-18(2)22(17-26)25-24(27)21-15-9-10-16-23(21)28(19-11-5-3-6-12-19)20-13-7-4-8-14-20/h3-16,18,22,26H,17H2,1-2H3,(H,25,27)/t22-/m0/s1. The van der Waals surface area contributed by atoms with Crippen LogP contribution in [0.15, 0.2) is 84.9 Å². The summed E-state index contributed by atoms with van der Waals surface area (Å²) in [7, 11) is -0.867. The summed E-state index contributed by atoms with van der Waals surface area (Å²) in [5.74, 6) is 0.0218. The molecule has 144 valence electrons. The van der Waals surface area contributed by atoms with Crippen LogP contribution >= 0.6 is 7.92 Å². The number of aliphatic hydroxyl groups excluding tert-OH is 1. The van der Waals surface area contributed by atoms with Gasteiger partial charge in [-0.15, -0.1) is 0 Å². The van der Waals surface area contributed by atoms with E-state index in [-0.39, 0.29) is 24.5 Å². The van der Waals surface area contributed by atoms with Crippen molar-refractivity contribution in [3.05, 3.63) is 90.5 Å². The molecule has 2 N–H and O–H groups in total. The van der Waals surface area contributed by atoms with E-state index < -0.39 is 7.92 Å². The van der Waals surface area contributed by atoms with E-state index in [9.17, 15) is 9.90 Å². The van der Waals surface area contributed by atoms with Gasteiger partial charge < -0.3 is 10.4 Å². The molecule has 0 unspecified atom stereocenters. The molecule has 1 amide bonds. The minimum atomic E-state index is -0.867. The molecule has 0 heterocycles. The molecule has 1 atom stereocenters. The topological polar surface area (TPSA) is 49.3 Å². The lowest BCUT2D eigenvalue weighted by Gasteiger charge is -2.24. The average Bonchev–Trinajstić information content (AvgIpc) is 2.74. The second kappa shape index (κ2) is 9.64. The SMILES string of the molecule is CC(C)[C@H](CO)NC(=O)c1ccccc1P(c1ccccc1)c1ccccc1. The van der Waals surface area contributed by atoms with Crippen LogP contribution in [0.2, 0.25) is 0 Å². The number of rotatable bonds is 7. The van der Waals surface area contributed by atoms with Gasteiger partial charge in [0, 0.05) is 5.56 Å². The molecular formula is C24H26NO2P. The zero-order chi connectivity index (χ0) is 19.9. The Morgan fingerprint density at radius 3 is 1.86 bits per heavy atom. The summed E-state index contributed by atoms with van der Waals surface area (Å²) in [6, 6.07) is 28.2. The summed E-state index contributed by atoms with van der Waals surface area (Å²) < 4.78 is 0. The van der Waals surface area contributed by atoms with Crippen molar-refractivity contribution in [1.82, 2.24) is 5.32 Å². The van der Waals surface area contributed by atoms with Crippen LogP contribution in [0.25, 0.3) is 0 Å². The first kappa shape index (κ1) is 20.3. The molecule has 0 aliphatic rings. The third-order valence-electron chi connectivity index (χ3n) is 4.74. The predicted octanol–water partition coefficient (Wildman–Crippen LogP) is 3.19. The van der Waals surface area contributed by atoms with E-state index in [4.69, 9.17) is 0 Å². The van der Waals surface area contributed by atoms with Crippen molar-refractivity contribution in [3.63, 3.8) is 0 Å². The third-order valence-corrected chi connectivity index (χ3v) is 7.24. The second-order valence-electron chi connectivity index (χ2n) is 7.03. The summed E-state index contributed by atoms with van der Waals surface area (Å²) in [6.07, 6.45) is 0. The van der Waals surface area contributed by atoms with Gasteiger partial charge in [0.1, 0.15) is 0 Å². The Balaban J connectivity index is 2.06. The molecule has 0 aliphatic heterocycles. The van der Waals surface area contributed by atoms with Crippen molar-refractivity contribution in [2.24, 2.45) is 5.92 Å². The van der Waals surface area contributed by atoms with E-state index in [1.165, 1.54) is 10.6 Å². The van der Waals surface area contributed by atoms with Gasteiger partial charge in [0.15, 0.2) is 0 Å². The highest BCUT2D eigenvalue weighted by atomic mass is 31.1. The third kappa shape index (κ3) is 4.67. The number of benzene rings is 3. The van der Waals surface area contributed by atoms with E-state index in [1.54, 1.807) is 0 Å². The smallest absolute Gasteiger partial charge is 0.252 e. The Morgan fingerprint density at radius 2 is 1.36 bits per heavy atom. The molecule has 0 fully saturated rings. The van der Waals surface area contributed by atoms with Crippen LogP contribution in [0.1, 0.15) is 24.2 Å². The van der Waals surface area contributed by atoms with Crippen LogP contribution in [0.5, 0.6) is 0 Å². The lowest BCUT2D eigenvalue weighted by molar-refractivity contribution is 0.0898. The molecule has 4 heteroatoms. The van der Waals surface area contributed by atoms with E-state index in [2.05, 4.69) is 29.6 Å². The van der Waals surface area contributed by atoms with Gasteiger partial charge in [-0.3, -0.25) is 4.79 Å². The molecule has 0 saturated heterocycles. The van der Waals surface area contributed by atoms with Gasteiger partial charge in [0.2, 0.25) is 0 Å². The number of nitrogens with one attached hydrogen (secondary N) is 1. The Kier molecular flexibility index (Phi) is 6.97. The average molecular weight is 391 g/mol. The Hall–Kier alpha value is -2.48. The summed E-state index contributed by atoms with van der Waals surface area (Å²) in [4.78, 5) is 13.1. The minimum Gasteiger partial charge on any atom is -0.394 e. The lowest BCUT2D eigenvalue weighted by Crippen LogP contribution is -2.42. The maximum absolute atomic E-state index is 13.1. The largest absolute Gasteiger partial charge is 0.394 e. The molecule has 0 aromatic heterocycles. The molecule has 0 aliphatic carbocycles. The van der Waals surface area contributed by atoms with E-state index >= 15 is 0 Å². The highest BCUT2D eigenvalue weighted by Crippen LogP contribution is 2.34. The summed E-state index contributed by atoms with van der Waals surface area (Å²) >= 11 is 0. The summed E-state index contributed by atoms with van der Waals surface area (Å²) in [6.45, 7) is 3.92. The highest BCUT2D eigenvalue weighted by Gasteiger charge is 2.24. The number of aliphatic hydroxyl groups is 1. The fraction of sp³-hybridized carbons (Fsp3) is 0.208. The number of amides is 1. The molecular weight excluding hydrogens is 365 g/mol. The van der Waals surface area contributed by atoms with Gasteiger partial charge in [-0.2, -0.15) is 0 Å². The number of carbonyl (C=O) groups excluding carboxylic acids is 1. The maximum atomic E-state index is 13.1. The first-order valence-corrected chi connectivity index (χ1v) is 10.9.